The fourth-order valence-corrected chi connectivity index (χ4v) is 5.49. The second kappa shape index (κ2) is 10.4. The van der Waals surface area contributed by atoms with Gasteiger partial charge in [0, 0.05) is 32.9 Å². The Labute approximate surface area is 201 Å². The number of carboxylic acid groups (broad SMARTS) is 1. The molecule has 0 atom stereocenters. The Morgan fingerprint density at radius 3 is 2.44 bits per heavy atom. The molecule has 2 aromatic carbocycles. The molecule has 5 heteroatoms. The van der Waals surface area contributed by atoms with Gasteiger partial charge in [0.25, 0.3) is 0 Å². The maximum absolute atomic E-state index is 11.9. The molecule has 0 aliphatic carbocycles. The number of benzene rings is 2. The summed E-state index contributed by atoms with van der Waals surface area (Å²) in [5.74, 6) is 0.643. The van der Waals surface area contributed by atoms with Crippen molar-refractivity contribution >= 4 is 40.2 Å². The van der Waals surface area contributed by atoms with Crippen LogP contribution < -0.4 is 0 Å². The maximum atomic E-state index is 11.9. The second-order valence-corrected chi connectivity index (χ2v) is 11.1. The van der Waals surface area contributed by atoms with Crippen molar-refractivity contribution in [2.45, 2.75) is 71.1 Å². The van der Waals surface area contributed by atoms with Gasteiger partial charge in [0.05, 0.1) is 5.41 Å². The highest BCUT2D eigenvalue weighted by molar-refractivity contribution is 7.99. The fourth-order valence-electron chi connectivity index (χ4n) is 4.06. The van der Waals surface area contributed by atoms with Crippen molar-refractivity contribution in [1.82, 2.24) is 4.98 Å². The van der Waals surface area contributed by atoms with Crippen LogP contribution >= 0.6 is 23.4 Å². The lowest BCUT2D eigenvalue weighted by atomic mass is 9.87. The number of hydrogen-bond donors (Lipinski definition) is 2. The third kappa shape index (κ3) is 5.52. The summed E-state index contributed by atoms with van der Waals surface area (Å²) in [7, 11) is 0. The second-order valence-electron chi connectivity index (χ2n) is 9.51. The number of aromatic nitrogens is 1. The number of rotatable bonds is 10. The van der Waals surface area contributed by atoms with Crippen molar-refractivity contribution < 1.29 is 9.90 Å². The highest BCUT2D eigenvalue weighted by Crippen LogP contribution is 2.40. The van der Waals surface area contributed by atoms with Crippen LogP contribution in [0.5, 0.6) is 0 Å². The van der Waals surface area contributed by atoms with E-state index in [2.05, 4.69) is 50.0 Å². The third-order valence-electron chi connectivity index (χ3n) is 5.99. The molecule has 3 nitrogen and oxygen atoms in total. The number of carboxylic acids is 1. The van der Waals surface area contributed by atoms with Crippen LogP contribution in [0.15, 0.2) is 41.3 Å². The molecule has 0 aliphatic rings. The summed E-state index contributed by atoms with van der Waals surface area (Å²) < 4.78 is 0. The van der Waals surface area contributed by atoms with Gasteiger partial charge in [0.1, 0.15) is 0 Å². The Morgan fingerprint density at radius 1 is 1.16 bits per heavy atom. The highest BCUT2D eigenvalue weighted by Gasteiger charge is 2.30. The van der Waals surface area contributed by atoms with Gasteiger partial charge in [-0.05, 0) is 73.2 Å². The molecule has 172 valence electrons. The molecule has 0 aliphatic heterocycles. The van der Waals surface area contributed by atoms with Crippen LogP contribution in [-0.2, 0) is 17.6 Å². The summed E-state index contributed by atoms with van der Waals surface area (Å²) >= 11 is 7.98. The van der Waals surface area contributed by atoms with Crippen molar-refractivity contribution in [3.8, 4) is 0 Å². The van der Waals surface area contributed by atoms with Crippen molar-refractivity contribution in [3.63, 3.8) is 0 Å². The zero-order chi connectivity index (χ0) is 23.5. The third-order valence-corrected chi connectivity index (χ3v) is 7.48. The number of hydrogen-bond acceptors (Lipinski definition) is 2. The molecule has 1 aromatic heterocycles. The van der Waals surface area contributed by atoms with E-state index in [9.17, 15) is 9.90 Å². The Hall–Kier alpha value is -1.91. The number of nitrogens with one attached hydrogen (secondary N) is 1. The van der Waals surface area contributed by atoms with E-state index >= 15 is 0 Å². The summed E-state index contributed by atoms with van der Waals surface area (Å²) in [6.07, 6.45) is 3.57. The molecule has 2 N–H and O–H groups in total. The van der Waals surface area contributed by atoms with Gasteiger partial charge in [-0.15, -0.1) is 11.8 Å². The first kappa shape index (κ1) is 24.7. The number of H-pyrrole nitrogens is 1. The van der Waals surface area contributed by atoms with E-state index in [4.69, 9.17) is 11.6 Å². The van der Waals surface area contributed by atoms with E-state index in [0.29, 0.717) is 12.3 Å². The zero-order valence-electron chi connectivity index (χ0n) is 19.7. The topological polar surface area (TPSA) is 53.1 Å². The van der Waals surface area contributed by atoms with E-state index < -0.39 is 11.4 Å². The average molecular weight is 472 g/mol. The van der Waals surface area contributed by atoms with E-state index in [1.807, 2.05) is 23.9 Å². The van der Waals surface area contributed by atoms with Crippen LogP contribution in [0.2, 0.25) is 5.02 Å². The molecule has 0 bridgehead atoms. The summed E-state index contributed by atoms with van der Waals surface area (Å²) in [4.78, 5) is 16.7. The Bertz CT molecular complexity index is 1080. The summed E-state index contributed by atoms with van der Waals surface area (Å²) in [6.45, 7) is 10.3. The number of halogens is 1. The van der Waals surface area contributed by atoms with Gasteiger partial charge >= 0.3 is 5.97 Å². The van der Waals surface area contributed by atoms with Crippen LogP contribution in [0.25, 0.3) is 10.9 Å². The van der Waals surface area contributed by atoms with Crippen molar-refractivity contribution in [2.75, 3.05) is 5.75 Å². The van der Waals surface area contributed by atoms with Crippen LogP contribution in [0.4, 0.5) is 0 Å². The number of aliphatic carboxylic acids is 1. The summed E-state index contributed by atoms with van der Waals surface area (Å²) in [5, 5.41) is 11.7. The van der Waals surface area contributed by atoms with Gasteiger partial charge in [-0.2, -0.15) is 0 Å². The maximum Gasteiger partial charge on any atom is 0.309 e. The van der Waals surface area contributed by atoms with Crippen LogP contribution in [0.1, 0.15) is 75.8 Å². The van der Waals surface area contributed by atoms with E-state index in [0.717, 1.165) is 41.2 Å². The Balaban J connectivity index is 2.20. The molecule has 0 spiro atoms. The van der Waals surface area contributed by atoms with Gasteiger partial charge in [-0.3, -0.25) is 4.79 Å². The average Bonchev–Trinajstić information content (AvgIpc) is 3.06. The number of carbonyl (C=O) groups is 1. The van der Waals surface area contributed by atoms with Gasteiger partial charge in [-0.1, -0.05) is 57.0 Å². The minimum Gasteiger partial charge on any atom is -0.481 e. The van der Waals surface area contributed by atoms with Gasteiger partial charge in [-0.25, -0.2) is 0 Å². The molecule has 0 saturated carbocycles. The molecular weight excluding hydrogens is 438 g/mol. The largest absolute Gasteiger partial charge is 0.481 e. The molecule has 0 fully saturated rings. The number of fused-ring (bicyclic) bond motifs is 1. The van der Waals surface area contributed by atoms with Crippen molar-refractivity contribution in [3.05, 3.63) is 63.8 Å². The number of aromatic amines is 1. The van der Waals surface area contributed by atoms with Crippen LogP contribution in [0.3, 0.4) is 0 Å². The molecule has 1 heterocycles. The molecule has 0 radical (unpaired) electrons. The van der Waals surface area contributed by atoms with Crippen molar-refractivity contribution in [1.29, 1.82) is 0 Å². The number of thioether (sulfide) groups is 1. The minimum atomic E-state index is -0.835. The first-order valence-corrected chi connectivity index (χ1v) is 12.8. The van der Waals surface area contributed by atoms with Gasteiger partial charge < -0.3 is 10.1 Å². The predicted octanol–water partition coefficient (Wildman–Crippen LogP) is 8.08. The lowest BCUT2D eigenvalue weighted by molar-refractivity contribution is -0.146. The molecule has 3 rings (SSSR count). The van der Waals surface area contributed by atoms with Crippen LogP contribution in [-0.4, -0.2) is 21.8 Å². The van der Waals surface area contributed by atoms with Crippen LogP contribution in [0, 0.1) is 5.41 Å². The van der Waals surface area contributed by atoms with E-state index in [1.54, 1.807) is 13.8 Å². The Kier molecular flexibility index (Phi) is 8.00. The molecule has 32 heavy (non-hydrogen) atoms. The lowest BCUT2D eigenvalue weighted by Gasteiger charge is -2.19. The first-order chi connectivity index (χ1) is 15.1. The molecule has 0 unspecified atom stereocenters. The van der Waals surface area contributed by atoms with Gasteiger partial charge in [0.2, 0.25) is 0 Å². The monoisotopic (exact) mass is 471 g/mol. The molecule has 3 aromatic rings. The quantitative estimate of drug-likeness (QED) is 0.232. The van der Waals surface area contributed by atoms with E-state index in [1.165, 1.54) is 27.0 Å². The van der Waals surface area contributed by atoms with E-state index in [-0.39, 0.29) is 0 Å². The molecule has 0 saturated heterocycles. The Morgan fingerprint density at radius 2 is 1.84 bits per heavy atom. The molecule has 0 amide bonds. The standard InChI is InChI=1S/C27H34ClNO2S/c1-6-7-14-32-25-23(16-27(4,5)26(30)31)29-22-13-12-20(17(2)3)21(24(22)25)15-18-8-10-19(28)11-9-18/h8-13,17,29H,6-7,14-16H2,1-5H3,(H,30,31). The number of unbranched alkanes of at least 4 members (excludes halogenated alkanes) is 1. The normalized spacial score (nSPS) is 12.1. The van der Waals surface area contributed by atoms with Gasteiger partial charge in [0.15, 0.2) is 0 Å². The first-order valence-electron chi connectivity index (χ1n) is 11.4. The smallest absolute Gasteiger partial charge is 0.309 e. The minimum absolute atomic E-state index is 0.393. The SMILES string of the molecule is CCCCSc1c(CC(C)(C)C(=O)O)[nH]c2ccc(C(C)C)c(Cc3ccc(Cl)cc3)c12. The summed E-state index contributed by atoms with van der Waals surface area (Å²) in [5.41, 5.74) is 5.18. The zero-order valence-corrected chi connectivity index (χ0v) is 21.3. The van der Waals surface area contributed by atoms with Crippen molar-refractivity contribution in [2.24, 2.45) is 5.41 Å². The summed E-state index contributed by atoms with van der Waals surface area (Å²) in [6, 6.07) is 12.5. The predicted molar refractivity (Wildman–Crippen MR) is 137 cm³/mol. The fraction of sp³-hybridized carbons (Fsp3) is 0.444. The molecular formula is C27H34ClNO2S. The lowest BCUT2D eigenvalue weighted by Crippen LogP contribution is -2.26. The highest BCUT2D eigenvalue weighted by atomic mass is 35.5.